The zero-order valence-electron chi connectivity index (χ0n) is 12.0. The summed E-state index contributed by atoms with van der Waals surface area (Å²) in [7, 11) is 0. The number of hydrogen-bond acceptors (Lipinski definition) is 2. The van der Waals surface area contributed by atoms with Gasteiger partial charge in [-0.3, -0.25) is 14.2 Å². The van der Waals surface area contributed by atoms with Crippen molar-refractivity contribution in [2.24, 2.45) is 0 Å². The van der Waals surface area contributed by atoms with Crippen LogP contribution in [0.2, 0.25) is 5.02 Å². The van der Waals surface area contributed by atoms with Gasteiger partial charge in [-0.25, -0.2) is 9.18 Å². The summed E-state index contributed by atoms with van der Waals surface area (Å²) in [6.07, 6.45) is 3.00. The molecule has 0 spiro atoms. The van der Waals surface area contributed by atoms with Gasteiger partial charge in [0, 0.05) is 26.0 Å². The molecular formula is C14H13BClF3NO3. The van der Waals surface area contributed by atoms with Gasteiger partial charge in [-0.2, -0.15) is 0 Å². The third-order valence-corrected chi connectivity index (χ3v) is 3.89. The molecule has 3 rings (SSSR count). The van der Waals surface area contributed by atoms with Crippen LogP contribution in [0.25, 0.3) is 10.9 Å². The van der Waals surface area contributed by atoms with E-state index >= 15 is 0 Å². The van der Waals surface area contributed by atoms with Crippen LogP contribution in [0, 0.1) is 12.7 Å². The summed E-state index contributed by atoms with van der Waals surface area (Å²) in [6.45, 7) is 1.50. The minimum Gasteiger partial charge on any atom is -0.477 e. The molecule has 1 aromatic carbocycles. The zero-order chi connectivity index (χ0) is 14.6. The van der Waals surface area contributed by atoms with Gasteiger partial charge in [-0.15, -0.1) is 0 Å². The van der Waals surface area contributed by atoms with Gasteiger partial charge in [0.2, 0.25) is 5.43 Å². The first-order valence-electron chi connectivity index (χ1n) is 6.18. The Morgan fingerprint density at radius 3 is 2.43 bits per heavy atom. The first-order valence-corrected chi connectivity index (χ1v) is 6.56. The molecule has 3 radical (unpaired) electrons. The number of benzene rings is 1. The SMILES string of the molecule is Cc1cc2c(=O)c(C(=O)O)cn(C3CC3)c2c(Cl)c1F.F.F.[B]. The fourth-order valence-corrected chi connectivity index (χ4v) is 2.72. The number of carboxylic acids is 1. The van der Waals surface area contributed by atoms with Crippen molar-refractivity contribution in [3.8, 4) is 0 Å². The van der Waals surface area contributed by atoms with Gasteiger partial charge in [0.15, 0.2) is 0 Å². The van der Waals surface area contributed by atoms with E-state index in [9.17, 15) is 14.0 Å². The third kappa shape index (κ3) is 3.22. The standard InChI is InChI=1S/C14H11ClFNO3.B.2FH/c1-6-4-8-12(10(15)11(6)16)17(7-2-3-7)5-9(13(8)18)14(19)20;;;/h4-5,7H,2-3H2,1H3,(H,19,20);;2*1H. The Labute approximate surface area is 136 Å². The second kappa shape index (κ2) is 7.08. The number of aromatic nitrogens is 1. The monoisotopic (exact) mass is 346 g/mol. The first-order chi connectivity index (χ1) is 9.41. The van der Waals surface area contributed by atoms with Crippen LogP contribution < -0.4 is 5.43 Å². The van der Waals surface area contributed by atoms with E-state index in [1.54, 1.807) is 4.57 Å². The fourth-order valence-electron chi connectivity index (χ4n) is 2.37. The molecule has 123 valence electrons. The molecule has 0 saturated heterocycles. The van der Waals surface area contributed by atoms with Gasteiger partial charge in [0.1, 0.15) is 16.4 Å². The second-order valence-electron chi connectivity index (χ2n) is 5.03. The largest absolute Gasteiger partial charge is 0.477 e. The maximum absolute atomic E-state index is 14.0. The average molecular weight is 347 g/mol. The lowest BCUT2D eigenvalue weighted by atomic mass is 10.1. The Morgan fingerprint density at radius 1 is 1.39 bits per heavy atom. The summed E-state index contributed by atoms with van der Waals surface area (Å²) in [5.74, 6) is -1.86. The lowest BCUT2D eigenvalue weighted by Gasteiger charge is -2.14. The minimum atomic E-state index is -1.29. The van der Waals surface area contributed by atoms with Crippen molar-refractivity contribution in [1.82, 2.24) is 4.57 Å². The Morgan fingerprint density at radius 2 is 1.96 bits per heavy atom. The smallest absolute Gasteiger partial charge is 0.341 e. The van der Waals surface area contributed by atoms with Crippen molar-refractivity contribution >= 4 is 36.9 Å². The van der Waals surface area contributed by atoms with E-state index in [-0.39, 0.29) is 50.9 Å². The number of pyridine rings is 1. The molecule has 9 heteroatoms. The molecule has 1 aliphatic carbocycles. The molecule has 1 aromatic heterocycles. The van der Waals surface area contributed by atoms with Crippen LogP contribution in [0.3, 0.4) is 0 Å². The van der Waals surface area contributed by atoms with E-state index in [1.165, 1.54) is 19.2 Å². The maximum Gasteiger partial charge on any atom is 0.341 e. The number of nitrogens with zero attached hydrogens (tertiary/aromatic N) is 1. The van der Waals surface area contributed by atoms with E-state index in [1.807, 2.05) is 0 Å². The highest BCUT2D eigenvalue weighted by atomic mass is 35.5. The number of fused-ring (bicyclic) bond motifs is 1. The van der Waals surface area contributed by atoms with Crippen molar-refractivity contribution in [2.45, 2.75) is 25.8 Å². The highest BCUT2D eigenvalue weighted by Gasteiger charge is 2.28. The molecule has 1 heterocycles. The van der Waals surface area contributed by atoms with Gasteiger partial charge < -0.3 is 9.67 Å². The summed E-state index contributed by atoms with van der Waals surface area (Å²) < 4.78 is 15.6. The van der Waals surface area contributed by atoms with Crippen molar-refractivity contribution < 1.29 is 23.7 Å². The zero-order valence-corrected chi connectivity index (χ0v) is 12.8. The highest BCUT2D eigenvalue weighted by Crippen LogP contribution is 2.39. The maximum atomic E-state index is 14.0. The van der Waals surface area contributed by atoms with E-state index in [0.717, 1.165) is 12.8 Å². The van der Waals surface area contributed by atoms with Crippen LogP contribution >= 0.6 is 11.6 Å². The number of aromatic carboxylic acids is 1. The highest BCUT2D eigenvalue weighted by molar-refractivity contribution is 6.35. The van der Waals surface area contributed by atoms with Crippen LogP contribution in [0.1, 0.15) is 34.8 Å². The van der Waals surface area contributed by atoms with Crippen LogP contribution in [-0.2, 0) is 0 Å². The lowest BCUT2D eigenvalue weighted by molar-refractivity contribution is 0.0695. The molecule has 0 bridgehead atoms. The number of hydrogen-bond donors (Lipinski definition) is 1. The van der Waals surface area contributed by atoms with E-state index in [0.29, 0.717) is 0 Å². The number of carboxylic acid groups (broad SMARTS) is 1. The molecule has 1 saturated carbocycles. The summed E-state index contributed by atoms with van der Waals surface area (Å²) in [5.41, 5.74) is -0.433. The van der Waals surface area contributed by atoms with Gasteiger partial charge in [-0.1, -0.05) is 11.6 Å². The number of carbonyl (C=O) groups is 1. The van der Waals surface area contributed by atoms with Crippen LogP contribution in [-0.4, -0.2) is 24.1 Å². The van der Waals surface area contributed by atoms with Gasteiger partial charge in [0.25, 0.3) is 0 Å². The van der Waals surface area contributed by atoms with Crippen molar-refractivity contribution in [3.05, 3.63) is 44.5 Å². The predicted octanol–water partition coefficient (Wildman–Crippen LogP) is 3.06. The summed E-state index contributed by atoms with van der Waals surface area (Å²) >= 11 is 6.03. The molecule has 2 aromatic rings. The first kappa shape index (κ1) is 21.0. The van der Waals surface area contributed by atoms with Crippen LogP contribution in [0.15, 0.2) is 17.1 Å². The summed E-state index contributed by atoms with van der Waals surface area (Å²) in [4.78, 5) is 23.4. The van der Waals surface area contributed by atoms with Gasteiger partial charge in [0.05, 0.1) is 5.52 Å². The molecule has 0 unspecified atom stereocenters. The number of rotatable bonds is 2. The Balaban J connectivity index is 0.00000161. The van der Waals surface area contributed by atoms with Crippen molar-refractivity contribution in [3.63, 3.8) is 0 Å². The summed E-state index contributed by atoms with van der Waals surface area (Å²) in [6, 6.07) is 1.44. The van der Waals surface area contributed by atoms with Gasteiger partial charge in [-0.05, 0) is 31.4 Å². The molecule has 1 fully saturated rings. The average Bonchev–Trinajstić information content (AvgIpc) is 3.21. The molecule has 23 heavy (non-hydrogen) atoms. The fraction of sp³-hybridized carbons (Fsp3) is 0.286. The van der Waals surface area contributed by atoms with Crippen LogP contribution in [0.4, 0.5) is 13.8 Å². The lowest BCUT2D eigenvalue weighted by Crippen LogP contribution is -2.19. The van der Waals surface area contributed by atoms with Crippen molar-refractivity contribution in [2.75, 3.05) is 0 Å². The molecule has 4 nitrogen and oxygen atoms in total. The topological polar surface area (TPSA) is 59.3 Å². The van der Waals surface area contributed by atoms with Gasteiger partial charge >= 0.3 is 5.97 Å². The Bertz CT molecular complexity index is 821. The van der Waals surface area contributed by atoms with Crippen molar-refractivity contribution in [1.29, 1.82) is 0 Å². The molecule has 1 N–H and O–H groups in total. The molecular weight excluding hydrogens is 333 g/mol. The molecule has 1 aliphatic rings. The summed E-state index contributed by atoms with van der Waals surface area (Å²) in [5, 5.41) is 9.15. The molecule has 0 atom stereocenters. The Hall–Kier alpha value is -1.96. The molecule has 0 amide bonds. The normalized spacial score (nSPS) is 12.8. The van der Waals surface area contributed by atoms with Crippen LogP contribution in [0.5, 0.6) is 0 Å². The quantitative estimate of drug-likeness (QED) is 0.850. The van der Waals surface area contributed by atoms with E-state index in [2.05, 4.69) is 0 Å². The van der Waals surface area contributed by atoms with E-state index in [4.69, 9.17) is 16.7 Å². The second-order valence-corrected chi connectivity index (χ2v) is 5.41. The number of halogens is 4. The minimum absolute atomic E-state index is 0. The van der Waals surface area contributed by atoms with E-state index < -0.39 is 17.2 Å². The predicted molar refractivity (Wildman–Crippen MR) is 83.9 cm³/mol. The number of aryl methyl sites for hydroxylation is 1. The molecule has 0 aliphatic heterocycles. The Kier molecular flexibility index (Phi) is 6.48. The third-order valence-electron chi connectivity index (χ3n) is 3.55.